The van der Waals surface area contributed by atoms with E-state index in [9.17, 15) is 18.0 Å². The van der Waals surface area contributed by atoms with Gasteiger partial charge in [0.1, 0.15) is 11.6 Å². The summed E-state index contributed by atoms with van der Waals surface area (Å²) in [7, 11) is 4.98. The minimum absolute atomic E-state index is 0.0484. The number of hydrogen-bond acceptors (Lipinski definition) is 5. The van der Waals surface area contributed by atoms with Crippen LogP contribution in [0.5, 0.6) is 0 Å². The number of urea groups is 1. The smallest absolute Gasteiger partial charge is 0.378 e. The van der Waals surface area contributed by atoms with Crippen LogP contribution in [0.15, 0.2) is 24.3 Å². The number of alkyl halides is 3. The number of aryl methyl sites for hydroxylation is 1. The normalized spacial score (nSPS) is 14.6. The van der Waals surface area contributed by atoms with Crippen molar-refractivity contribution in [3.63, 3.8) is 0 Å². The van der Waals surface area contributed by atoms with Crippen molar-refractivity contribution >= 4 is 11.8 Å². The molecule has 0 unspecified atom stereocenters. The lowest BCUT2D eigenvalue weighted by Crippen LogP contribution is -2.52. The molecule has 0 radical (unpaired) electrons. The molecule has 174 valence electrons. The molecular weight excluding hydrogens is 423 g/mol. The summed E-state index contributed by atoms with van der Waals surface area (Å²) in [5, 5.41) is 0. The lowest BCUT2D eigenvalue weighted by Gasteiger charge is -2.37. The van der Waals surface area contributed by atoms with Crippen molar-refractivity contribution in [2.75, 3.05) is 52.3 Å². The minimum atomic E-state index is -4.41. The zero-order valence-corrected chi connectivity index (χ0v) is 18.7. The van der Waals surface area contributed by atoms with Gasteiger partial charge in [-0.2, -0.15) is 13.2 Å². The van der Waals surface area contributed by atoms with Gasteiger partial charge in [0, 0.05) is 59.4 Å². The van der Waals surface area contributed by atoms with E-state index in [-0.39, 0.29) is 19.1 Å². The Balaban J connectivity index is 1.93. The Bertz CT molecular complexity index is 957. The summed E-state index contributed by atoms with van der Waals surface area (Å²) in [6.07, 6.45) is -4.16. The van der Waals surface area contributed by atoms with Crippen molar-refractivity contribution in [2.45, 2.75) is 26.1 Å². The van der Waals surface area contributed by atoms with Gasteiger partial charge in [-0.1, -0.05) is 18.2 Å². The monoisotopic (exact) mass is 451 g/mol. The number of ether oxygens (including phenoxy) is 1. The van der Waals surface area contributed by atoms with E-state index in [1.54, 1.807) is 44.0 Å². The molecule has 0 saturated carbocycles. The van der Waals surface area contributed by atoms with Crippen LogP contribution >= 0.6 is 0 Å². The van der Waals surface area contributed by atoms with Gasteiger partial charge in [-0.3, -0.25) is 0 Å². The van der Waals surface area contributed by atoms with E-state index in [1.807, 2.05) is 0 Å². The number of anilines is 1. The van der Waals surface area contributed by atoms with Crippen molar-refractivity contribution < 1.29 is 22.7 Å². The maximum Gasteiger partial charge on any atom is 0.416 e. The van der Waals surface area contributed by atoms with Crippen molar-refractivity contribution in [3.8, 4) is 0 Å². The number of piperazine rings is 1. The maximum absolute atomic E-state index is 13.2. The number of amides is 2. The summed E-state index contributed by atoms with van der Waals surface area (Å²) in [6.45, 7) is 4.20. The van der Waals surface area contributed by atoms with Crippen molar-refractivity contribution in [2.24, 2.45) is 0 Å². The van der Waals surface area contributed by atoms with Crippen LogP contribution in [-0.2, 0) is 23.9 Å². The highest BCUT2D eigenvalue weighted by molar-refractivity contribution is 5.74. The highest BCUT2D eigenvalue weighted by atomic mass is 19.4. The fraction of sp³-hybridized carbons (Fsp3) is 0.500. The fourth-order valence-electron chi connectivity index (χ4n) is 3.79. The van der Waals surface area contributed by atoms with E-state index in [0.29, 0.717) is 49.1 Å². The Kier molecular flexibility index (Phi) is 7.22. The molecule has 0 spiro atoms. The average molecular weight is 451 g/mol. The molecule has 1 saturated heterocycles. The van der Waals surface area contributed by atoms with Gasteiger partial charge < -0.3 is 19.4 Å². The molecule has 1 aromatic carbocycles. The largest absolute Gasteiger partial charge is 0.416 e. The average Bonchev–Trinajstić information content (AvgIpc) is 2.74. The van der Waals surface area contributed by atoms with Gasteiger partial charge >= 0.3 is 12.2 Å². The lowest BCUT2D eigenvalue weighted by atomic mass is 10.0. The second-order valence-electron chi connectivity index (χ2n) is 7.98. The van der Waals surface area contributed by atoms with Crippen LogP contribution in [0.4, 0.5) is 23.8 Å². The van der Waals surface area contributed by atoms with Gasteiger partial charge in [0.2, 0.25) is 0 Å². The zero-order valence-electron chi connectivity index (χ0n) is 18.7. The summed E-state index contributed by atoms with van der Waals surface area (Å²) in [5.74, 6) is 1.24. The second kappa shape index (κ2) is 9.72. The molecule has 1 aliphatic heterocycles. The Hall–Kier alpha value is -2.88. The molecule has 7 nitrogen and oxygen atoms in total. The first-order valence-corrected chi connectivity index (χ1v) is 10.3. The van der Waals surface area contributed by atoms with E-state index < -0.39 is 11.7 Å². The molecule has 1 aromatic heterocycles. The van der Waals surface area contributed by atoms with Crippen molar-refractivity contribution in [3.05, 3.63) is 52.5 Å². The molecule has 2 heterocycles. The van der Waals surface area contributed by atoms with Gasteiger partial charge in [-0.15, -0.1) is 0 Å². The van der Waals surface area contributed by atoms with E-state index in [4.69, 9.17) is 4.74 Å². The highest BCUT2D eigenvalue weighted by Crippen LogP contribution is 2.31. The predicted molar refractivity (Wildman–Crippen MR) is 115 cm³/mol. The number of halogens is 3. The summed E-state index contributed by atoms with van der Waals surface area (Å²) >= 11 is 0. The maximum atomic E-state index is 13.2. The Morgan fingerprint density at radius 3 is 2.44 bits per heavy atom. The van der Waals surface area contributed by atoms with Crippen LogP contribution < -0.4 is 4.90 Å². The zero-order chi connectivity index (χ0) is 23.5. The Morgan fingerprint density at radius 1 is 1.16 bits per heavy atom. The molecule has 0 atom stereocenters. The first-order valence-electron chi connectivity index (χ1n) is 10.3. The van der Waals surface area contributed by atoms with Gasteiger partial charge in [-0.05, 0) is 18.6 Å². The third-order valence-electron chi connectivity index (χ3n) is 5.33. The quantitative estimate of drug-likeness (QED) is 0.698. The molecule has 2 amide bonds. The van der Waals surface area contributed by atoms with Crippen molar-refractivity contribution in [1.82, 2.24) is 19.8 Å². The van der Waals surface area contributed by atoms with Crippen LogP contribution in [0.3, 0.4) is 0 Å². The van der Waals surface area contributed by atoms with E-state index in [0.717, 1.165) is 17.7 Å². The van der Waals surface area contributed by atoms with Crippen LogP contribution in [0.25, 0.3) is 0 Å². The third kappa shape index (κ3) is 5.48. The number of aromatic nitrogens is 2. The van der Waals surface area contributed by atoms with Crippen LogP contribution in [0, 0.1) is 6.92 Å². The van der Waals surface area contributed by atoms with E-state index >= 15 is 0 Å². The summed E-state index contributed by atoms with van der Waals surface area (Å²) in [6, 6.07) is 5.26. The molecule has 10 heteroatoms. The molecule has 1 fully saturated rings. The SMILES string of the molecule is COCc1nc(C)nc(N2CCN(C(=O)N(C)C)CC2)c1Cc1cccc(C(F)(F)F)c1. The molecular formula is C22H28F3N5O2. The molecule has 0 aliphatic carbocycles. The van der Waals surface area contributed by atoms with Gasteiger partial charge in [0.05, 0.1) is 17.9 Å². The van der Waals surface area contributed by atoms with Crippen LogP contribution in [0.1, 0.15) is 28.2 Å². The van der Waals surface area contributed by atoms with Crippen LogP contribution in [-0.4, -0.2) is 73.2 Å². The molecule has 32 heavy (non-hydrogen) atoms. The van der Waals surface area contributed by atoms with Gasteiger partial charge in [-0.25, -0.2) is 14.8 Å². The number of rotatable bonds is 5. The molecule has 1 aliphatic rings. The van der Waals surface area contributed by atoms with Gasteiger partial charge in [0.15, 0.2) is 0 Å². The first-order chi connectivity index (χ1) is 15.1. The minimum Gasteiger partial charge on any atom is -0.378 e. The second-order valence-corrected chi connectivity index (χ2v) is 7.98. The number of carbonyl (C=O) groups is 1. The Labute approximate surface area is 185 Å². The molecule has 0 bridgehead atoms. The number of carbonyl (C=O) groups excluding carboxylic acids is 1. The van der Waals surface area contributed by atoms with E-state index in [2.05, 4.69) is 14.9 Å². The predicted octanol–water partition coefficient (Wildman–Crippen LogP) is 3.34. The van der Waals surface area contributed by atoms with Crippen LogP contribution in [0.2, 0.25) is 0 Å². The molecule has 0 N–H and O–H groups in total. The fourth-order valence-corrected chi connectivity index (χ4v) is 3.79. The molecule has 3 rings (SSSR count). The Morgan fingerprint density at radius 2 is 1.84 bits per heavy atom. The number of hydrogen-bond donors (Lipinski definition) is 0. The summed E-state index contributed by atoms with van der Waals surface area (Å²) in [4.78, 5) is 26.8. The molecule has 2 aromatic rings. The first kappa shape index (κ1) is 23.8. The van der Waals surface area contributed by atoms with Crippen molar-refractivity contribution in [1.29, 1.82) is 0 Å². The van der Waals surface area contributed by atoms with Gasteiger partial charge in [0.25, 0.3) is 0 Å². The lowest BCUT2D eigenvalue weighted by molar-refractivity contribution is -0.137. The number of nitrogens with zero attached hydrogens (tertiary/aromatic N) is 5. The topological polar surface area (TPSA) is 61.8 Å². The number of benzene rings is 1. The summed E-state index contributed by atoms with van der Waals surface area (Å²) in [5.41, 5.74) is 1.23. The standard InChI is InChI=1S/C22H28F3N5O2/c1-15-26-19(14-32-4)18(13-16-6-5-7-17(12-16)22(23,24)25)20(27-15)29-8-10-30(11-9-29)21(31)28(2)3/h5-7,12H,8-11,13-14H2,1-4H3. The third-order valence-corrected chi connectivity index (χ3v) is 5.33. The van der Waals surface area contributed by atoms with E-state index in [1.165, 1.54) is 6.07 Å². The summed E-state index contributed by atoms with van der Waals surface area (Å²) < 4.78 is 44.9. The number of methoxy groups -OCH3 is 1. The highest BCUT2D eigenvalue weighted by Gasteiger charge is 2.31.